The SMILES string of the molecule is COc1ccc(F)c(B(c2c(F)c(F)cc(OC)c2F)c2c(F)c(F)cc(OC)c2F)c1F. The topological polar surface area (TPSA) is 27.7 Å². The number of benzene rings is 3. The zero-order valence-corrected chi connectivity index (χ0v) is 17.1. The first-order valence-electron chi connectivity index (χ1n) is 9.03. The van der Waals surface area contributed by atoms with Gasteiger partial charge >= 0.3 is 0 Å². The molecule has 0 bridgehead atoms. The smallest absolute Gasteiger partial charge is 0.265 e. The summed E-state index contributed by atoms with van der Waals surface area (Å²) < 4.78 is 132. The summed E-state index contributed by atoms with van der Waals surface area (Å²) in [6.45, 7) is -2.71. The predicted molar refractivity (Wildman–Crippen MR) is 103 cm³/mol. The Morgan fingerprint density at radius 2 is 0.879 bits per heavy atom. The van der Waals surface area contributed by atoms with Gasteiger partial charge < -0.3 is 14.2 Å². The Kier molecular flexibility index (Phi) is 6.75. The first kappa shape index (κ1) is 24.2. The lowest BCUT2D eigenvalue weighted by Gasteiger charge is -2.22. The maximum absolute atomic E-state index is 15.1. The minimum atomic E-state index is -2.71. The molecular formula is C21H13BF8O3. The highest BCUT2D eigenvalue weighted by atomic mass is 19.2. The second kappa shape index (κ2) is 9.20. The number of hydrogen-bond donors (Lipinski definition) is 0. The molecule has 3 aromatic rings. The van der Waals surface area contributed by atoms with Gasteiger partial charge in [-0.15, -0.1) is 0 Å². The fourth-order valence-corrected chi connectivity index (χ4v) is 3.41. The van der Waals surface area contributed by atoms with Gasteiger partial charge in [-0.25, -0.2) is 35.1 Å². The molecule has 0 aliphatic heterocycles. The molecule has 174 valence electrons. The fourth-order valence-electron chi connectivity index (χ4n) is 3.41. The van der Waals surface area contributed by atoms with Crippen molar-refractivity contribution in [2.45, 2.75) is 0 Å². The van der Waals surface area contributed by atoms with Gasteiger partial charge in [0.05, 0.1) is 21.3 Å². The summed E-state index contributed by atoms with van der Waals surface area (Å²) >= 11 is 0. The molecule has 0 aromatic heterocycles. The third-order valence-electron chi connectivity index (χ3n) is 4.93. The molecular weight excluding hydrogens is 463 g/mol. The lowest BCUT2D eigenvalue weighted by molar-refractivity contribution is 0.378. The molecule has 0 aliphatic carbocycles. The molecule has 0 N–H and O–H groups in total. The second-order valence-corrected chi connectivity index (χ2v) is 6.61. The molecule has 0 saturated carbocycles. The van der Waals surface area contributed by atoms with E-state index in [0.29, 0.717) is 6.07 Å². The number of ether oxygens (including phenoxy) is 3. The average Bonchev–Trinajstić information content (AvgIpc) is 2.78. The Bertz CT molecular complexity index is 1170. The van der Waals surface area contributed by atoms with Gasteiger partial charge in [0.2, 0.25) is 0 Å². The molecule has 0 saturated heterocycles. The third kappa shape index (κ3) is 3.94. The van der Waals surface area contributed by atoms with E-state index in [9.17, 15) is 22.0 Å². The Hall–Kier alpha value is -3.44. The van der Waals surface area contributed by atoms with E-state index in [1.165, 1.54) is 0 Å². The van der Waals surface area contributed by atoms with Crippen LogP contribution in [0.3, 0.4) is 0 Å². The van der Waals surface area contributed by atoms with E-state index >= 15 is 13.2 Å². The molecule has 0 aliphatic rings. The number of methoxy groups -OCH3 is 3. The van der Waals surface area contributed by atoms with E-state index in [0.717, 1.165) is 27.4 Å². The normalized spacial score (nSPS) is 10.9. The molecule has 3 aromatic carbocycles. The van der Waals surface area contributed by atoms with Crippen molar-refractivity contribution >= 4 is 23.1 Å². The van der Waals surface area contributed by atoms with Crippen molar-refractivity contribution in [3.05, 3.63) is 70.8 Å². The van der Waals surface area contributed by atoms with Crippen LogP contribution in [0, 0.1) is 46.5 Å². The third-order valence-corrected chi connectivity index (χ3v) is 4.93. The highest BCUT2D eigenvalue weighted by molar-refractivity contribution is 6.96. The van der Waals surface area contributed by atoms with Gasteiger partial charge in [-0.2, -0.15) is 0 Å². The summed E-state index contributed by atoms with van der Waals surface area (Å²) in [6.07, 6.45) is 0. The molecule has 12 heteroatoms. The molecule has 0 spiro atoms. The van der Waals surface area contributed by atoms with Gasteiger partial charge in [-0.1, -0.05) is 0 Å². The molecule has 33 heavy (non-hydrogen) atoms. The molecule has 0 amide bonds. The van der Waals surface area contributed by atoms with Gasteiger partial charge in [0, 0.05) is 28.5 Å². The van der Waals surface area contributed by atoms with Crippen molar-refractivity contribution in [3.8, 4) is 17.2 Å². The molecule has 3 rings (SSSR count). The molecule has 0 fully saturated rings. The van der Waals surface area contributed by atoms with E-state index in [4.69, 9.17) is 4.74 Å². The molecule has 0 heterocycles. The molecule has 0 radical (unpaired) electrons. The van der Waals surface area contributed by atoms with Gasteiger partial charge in [-0.3, -0.25) is 0 Å². The summed E-state index contributed by atoms with van der Waals surface area (Å²) in [7, 11) is 2.70. The van der Waals surface area contributed by atoms with Crippen molar-refractivity contribution in [2.75, 3.05) is 21.3 Å². The summed E-state index contributed by atoms with van der Waals surface area (Å²) in [5.74, 6) is -16.8. The average molecular weight is 476 g/mol. The van der Waals surface area contributed by atoms with Crippen LogP contribution < -0.4 is 30.6 Å². The van der Waals surface area contributed by atoms with Crippen LogP contribution in [0.25, 0.3) is 0 Å². The van der Waals surface area contributed by atoms with Crippen molar-refractivity contribution < 1.29 is 49.3 Å². The van der Waals surface area contributed by atoms with Crippen molar-refractivity contribution in [3.63, 3.8) is 0 Å². The Morgan fingerprint density at radius 3 is 1.27 bits per heavy atom. The van der Waals surface area contributed by atoms with Crippen LogP contribution in [0.5, 0.6) is 17.2 Å². The highest BCUT2D eigenvalue weighted by Gasteiger charge is 2.41. The summed E-state index contributed by atoms with van der Waals surface area (Å²) in [6, 6.07) is 1.94. The minimum Gasteiger partial charge on any atom is -0.494 e. The van der Waals surface area contributed by atoms with E-state index in [2.05, 4.69) is 9.47 Å². The second-order valence-electron chi connectivity index (χ2n) is 6.61. The van der Waals surface area contributed by atoms with E-state index < -0.39 is 86.9 Å². The first-order valence-corrected chi connectivity index (χ1v) is 9.03. The summed E-state index contributed by atoms with van der Waals surface area (Å²) in [5.41, 5.74) is -4.42. The lowest BCUT2D eigenvalue weighted by Crippen LogP contribution is -2.59. The maximum atomic E-state index is 15.1. The largest absolute Gasteiger partial charge is 0.494 e. The fraction of sp³-hybridized carbons (Fsp3) is 0.143. The van der Waals surface area contributed by atoms with Gasteiger partial charge in [0.15, 0.2) is 58.0 Å². The van der Waals surface area contributed by atoms with Crippen molar-refractivity contribution in [1.82, 2.24) is 0 Å². The highest BCUT2D eigenvalue weighted by Crippen LogP contribution is 2.25. The standard InChI is InChI=1S/C21H13BF8O3/c1-31-11-5-4-8(23)14(19(11)28)22(15-17(26)9(24)6-12(32-2)20(15)29)16-18(27)10(25)7-13(33-3)21(16)30/h4-7H,1-3H3. The zero-order valence-electron chi connectivity index (χ0n) is 17.1. The lowest BCUT2D eigenvalue weighted by atomic mass is 9.36. The quantitative estimate of drug-likeness (QED) is 0.311. The van der Waals surface area contributed by atoms with Crippen LogP contribution in [0.4, 0.5) is 35.1 Å². The van der Waals surface area contributed by atoms with Crippen LogP contribution in [0.2, 0.25) is 0 Å². The maximum Gasteiger partial charge on any atom is 0.265 e. The Balaban J connectivity index is 2.59. The van der Waals surface area contributed by atoms with E-state index in [1.54, 1.807) is 0 Å². The van der Waals surface area contributed by atoms with Gasteiger partial charge in [0.25, 0.3) is 6.71 Å². The van der Waals surface area contributed by atoms with Gasteiger partial charge in [-0.05, 0) is 12.1 Å². The van der Waals surface area contributed by atoms with Crippen molar-refractivity contribution in [2.24, 2.45) is 0 Å². The van der Waals surface area contributed by atoms with Crippen molar-refractivity contribution in [1.29, 1.82) is 0 Å². The monoisotopic (exact) mass is 476 g/mol. The Labute approximate surface area is 182 Å². The summed E-state index contributed by atoms with van der Waals surface area (Å²) in [5, 5.41) is 0. The van der Waals surface area contributed by atoms with E-state index in [-0.39, 0.29) is 12.1 Å². The predicted octanol–water partition coefficient (Wildman–Crippen LogP) is 3.34. The zero-order chi connectivity index (χ0) is 24.6. The minimum absolute atomic E-state index is 0.280. The van der Waals surface area contributed by atoms with Crippen LogP contribution in [-0.4, -0.2) is 28.0 Å². The Morgan fingerprint density at radius 1 is 0.485 bits per heavy atom. The van der Waals surface area contributed by atoms with Crippen LogP contribution in [0.15, 0.2) is 24.3 Å². The van der Waals surface area contributed by atoms with E-state index in [1.807, 2.05) is 0 Å². The summed E-state index contributed by atoms with van der Waals surface area (Å²) in [4.78, 5) is 0. The number of rotatable bonds is 6. The van der Waals surface area contributed by atoms with Crippen LogP contribution in [0.1, 0.15) is 0 Å². The number of hydrogen-bond acceptors (Lipinski definition) is 3. The molecule has 0 atom stereocenters. The first-order chi connectivity index (χ1) is 15.6. The molecule has 3 nitrogen and oxygen atoms in total. The van der Waals surface area contributed by atoms with Crippen LogP contribution >= 0.6 is 0 Å². The number of halogens is 8. The van der Waals surface area contributed by atoms with Gasteiger partial charge in [0.1, 0.15) is 5.82 Å². The molecule has 0 unspecified atom stereocenters. The van der Waals surface area contributed by atoms with Crippen LogP contribution in [-0.2, 0) is 0 Å².